The first kappa shape index (κ1) is 11.6. The van der Waals surface area contributed by atoms with Crippen molar-refractivity contribution < 1.29 is 0 Å². The standard InChI is InChI=1S/C14H13ClS/c1-10-2-4-11(5-3-10)14(16)12-6-8-13(15)9-7-12/h2-9,14,16H,1H3. The minimum atomic E-state index is 0.109. The average Bonchev–Trinajstić information content (AvgIpc) is 2.30. The van der Waals surface area contributed by atoms with Gasteiger partial charge in [-0.2, -0.15) is 12.6 Å². The third-order valence-electron chi connectivity index (χ3n) is 2.58. The van der Waals surface area contributed by atoms with Gasteiger partial charge in [0.2, 0.25) is 0 Å². The molecule has 0 heterocycles. The van der Waals surface area contributed by atoms with Gasteiger partial charge in [-0.15, -0.1) is 0 Å². The Labute approximate surface area is 107 Å². The number of hydrogen-bond donors (Lipinski definition) is 1. The van der Waals surface area contributed by atoms with Crippen LogP contribution in [0, 0.1) is 6.92 Å². The van der Waals surface area contributed by atoms with Crippen molar-refractivity contribution in [1.29, 1.82) is 0 Å². The lowest BCUT2D eigenvalue weighted by atomic mass is 10.0. The highest BCUT2D eigenvalue weighted by Crippen LogP contribution is 2.29. The molecule has 0 aliphatic carbocycles. The molecular weight excluding hydrogens is 236 g/mol. The van der Waals surface area contributed by atoms with E-state index in [1.165, 1.54) is 11.1 Å². The van der Waals surface area contributed by atoms with Gasteiger partial charge in [0.25, 0.3) is 0 Å². The van der Waals surface area contributed by atoms with Crippen molar-refractivity contribution in [3.05, 3.63) is 70.2 Å². The van der Waals surface area contributed by atoms with Gasteiger partial charge in [0, 0.05) is 5.02 Å². The summed E-state index contributed by atoms with van der Waals surface area (Å²) in [6.07, 6.45) is 0. The van der Waals surface area contributed by atoms with Crippen LogP contribution in [0.2, 0.25) is 5.02 Å². The van der Waals surface area contributed by atoms with Crippen LogP contribution >= 0.6 is 24.2 Å². The monoisotopic (exact) mass is 248 g/mol. The maximum absolute atomic E-state index is 5.86. The van der Waals surface area contributed by atoms with Gasteiger partial charge in [-0.25, -0.2) is 0 Å². The molecule has 0 nitrogen and oxygen atoms in total. The lowest BCUT2D eigenvalue weighted by Crippen LogP contribution is -1.92. The smallest absolute Gasteiger partial charge is 0.0516 e. The Hall–Kier alpha value is -0.920. The molecule has 2 aromatic rings. The Kier molecular flexibility index (Phi) is 3.57. The summed E-state index contributed by atoms with van der Waals surface area (Å²) in [5.74, 6) is 0. The first-order valence-corrected chi connectivity index (χ1v) is 6.06. The van der Waals surface area contributed by atoms with E-state index in [2.05, 4.69) is 43.8 Å². The normalized spacial score (nSPS) is 12.4. The van der Waals surface area contributed by atoms with Crippen molar-refractivity contribution in [1.82, 2.24) is 0 Å². The summed E-state index contributed by atoms with van der Waals surface area (Å²) in [7, 11) is 0. The number of thiol groups is 1. The Balaban J connectivity index is 2.28. The van der Waals surface area contributed by atoms with Gasteiger partial charge < -0.3 is 0 Å². The van der Waals surface area contributed by atoms with Gasteiger partial charge in [0.05, 0.1) is 5.25 Å². The molecule has 0 radical (unpaired) electrons. The molecule has 0 saturated heterocycles. The molecule has 0 bridgehead atoms. The molecule has 0 spiro atoms. The lowest BCUT2D eigenvalue weighted by molar-refractivity contribution is 1.16. The summed E-state index contributed by atoms with van der Waals surface area (Å²) in [4.78, 5) is 0. The topological polar surface area (TPSA) is 0 Å². The van der Waals surface area contributed by atoms with Crippen molar-refractivity contribution >= 4 is 24.2 Å². The van der Waals surface area contributed by atoms with Crippen LogP contribution in [0.15, 0.2) is 48.5 Å². The Morgan fingerprint density at radius 3 is 1.81 bits per heavy atom. The largest absolute Gasteiger partial charge is 0.166 e. The second-order valence-corrected chi connectivity index (χ2v) is 4.82. The molecule has 1 unspecified atom stereocenters. The van der Waals surface area contributed by atoms with E-state index in [0.29, 0.717) is 0 Å². The Morgan fingerprint density at radius 1 is 0.875 bits per heavy atom. The summed E-state index contributed by atoms with van der Waals surface area (Å²) in [5, 5.41) is 0.867. The zero-order valence-corrected chi connectivity index (χ0v) is 10.7. The molecule has 0 aromatic heterocycles. The second-order valence-electron chi connectivity index (χ2n) is 3.86. The molecule has 2 aromatic carbocycles. The van der Waals surface area contributed by atoms with Gasteiger partial charge in [-0.05, 0) is 30.2 Å². The van der Waals surface area contributed by atoms with E-state index in [4.69, 9.17) is 11.6 Å². The summed E-state index contributed by atoms with van der Waals surface area (Å²) in [5.41, 5.74) is 3.63. The molecule has 0 saturated carbocycles. The van der Waals surface area contributed by atoms with Gasteiger partial charge in [0.15, 0.2) is 0 Å². The Bertz CT molecular complexity index is 414. The van der Waals surface area contributed by atoms with Crippen LogP contribution in [0.1, 0.15) is 21.9 Å². The molecule has 2 rings (SSSR count). The number of hydrogen-bond acceptors (Lipinski definition) is 1. The fourth-order valence-electron chi connectivity index (χ4n) is 1.59. The predicted molar refractivity (Wildman–Crippen MR) is 73.5 cm³/mol. The van der Waals surface area contributed by atoms with Crippen LogP contribution in [0.5, 0.6) is 0 Å². The van der Waals surface area contributed by atoms with E-state index in [1.807, 2.05) is 24.3 Å². The molecule has 0 fully saturated rings. The van der Waals surface area contributed by atoms with E-state index in [0.717, 1.165) is 10.6 Å². The molecule has 0 amide bonds. The number of halogens is 1. The van der Waals surface area contributed by atoms with Crippen molar-refractivity contribution in [2.24, 2.45) is 0 Å². The highest BCUT2D eigenvalue weighted by atomic mass is 35.5. The highest BCUT2D eigenvalue weighted by Gasteiger charge is 2.08. The van der Waals surface area contributed by atoms with Crippen molar-refractivity contribution in [2.45, 2.75) is 12.2 Å². The minimum absolute atomic E-state index is 0.109. The van der Waals surface area contributed by atoms with E-state index in [-0.39, 0.29) is 5.25 Å². The van der Waals surface area contributed by atoms with Gasteiger partial charge in [-0.1, -0.05) is 53.6 Å². The number of benzene rings is 2. The average molecular weight is 249 g/mol. The van der Waals surface area contributed by atoms with Crippen LogP contribution in [0.25, 0.3) is 0 Å². The Morgan fingerprint density at radius 2 is 1.31 bits per heavy atom. The SMILES string of the molecule is Cc1ccc(C(S)c2ccc(Cl)cc2)cc1. The van der Waals surface area contributed by atoms with Gasteiger partial charge >= 0.3 is 0 Å². The molecule has 16 heavy (non-hydrogen) atoms. The van der Waals surface area contributed by atoms with Crippen molar-refractivity contribution in [3.63, 3.8) is 0 Å². The lowest BCUT2D eigenvalue weighted by Gasteiger charge is -2.11. The molecule has 1 atom stereocenters. The van der Waals surface area contributed by atoms with E-state index < -0.39 is 0 Å². The summed E-state index contributed by atoms with van der Waals surface area (Å²) >= 11 is 10.5. The summed E-state index contributed by atoms with van der Waals surface area (Å²) in [6.45, 7) is 2.08. The van der Waals surface area contributed by atoms with Gasteiger partial charge in [-0.3, -0.25) is 0 Å². The van der Waals surface area contributed by atoms with Crippen molar-refractivity contribution in [3.8, 4) is 0 Å². The maximum Gasteiger partial charge on any atom is 0.0516 e. The predicted octanol–water partition coefficient (Wildman–Crippen LogP) is 4.67. The van der Waals surface area contributed by atoms with Crippen molar-refractivity contribution in [2.75, 3.05) is 0 Å². The zero-order valence-electron chi connectivity index (χ0n) is 9.02. The van der Waals surface area contributed by atoms with Gasteiger partial charge in [0.1, 0.15) is 0 Å². The number of aryl methyl sites for hydroxylation is 1. The fraction of sp³-hybridized carbons (Fsp3) is 0.143. The summed E-state index contributed by atoms with van der Waals surface area (Å²) in [6, 6.07) is 16.3. The molecule has 0 N–H and O–H groups in total. The third-order valence-corrected chi connectivity index (χ3v) is 3.43. The number of rotatable bonds is 2. The maximum atomic E-state index is 5.86. The quantitative estimate of drug-likeness (QED) is 0.734. The molecular formula is C14H13ClS. The van der Waals surface area contributed by atoms with Crippen LogP contribution < -0.4 is 0 Å². The summed E-state index contributed by atoms with van der Waals surface area (Å²) < 4.78 is 0. The molecule has 2 heteroatoms. The van der Waals surface area contributed by atoms with Crippen LogP contribution in [-0.4, -0.2) is 0 Å². The third kappa shape index (κ3) is 2.60. The molecule has 0 aliphatic heterocycles. The van der Waals surface area contributed by atoms with Crippen LogP contribution in [0.3, 0.4) is 0 Å². The minimum Gasteiger partial charge on any atom is -0.166 e. The zero-order chi connectivity index (χ0) is 11.5. The second kappa shape index (κ2) is 4.94. The van der Waals surface area contributed by atoms with E-state index in [1.54, 1.807) is 0 Å². The van der Waals surface area contributed by atoms with Crippen LogP contribution in [0.4, 0.5) is 0 Å². The first-order chi connectivity index (χ1) is 7.66. The fourth-order valence-corrected chi connectivity index (χ4v) is 2.06. The first-order valence-electron chi connectivity index (χ1n) is 5.17. The van der Waals surface area contributed by atoms with E-state index in [9.17, 15) is 0 Å². The molecule has 0 aliphatic rings. The van der Waals surface area contributed by atoms with Crippen LogP contribution in [-0.2, 0) is 0 Å². The molecule has 82 valence electrons. The highest BCUT2D eigenvalue weighted by molar-refractivity contribution is 7.80. The van der Waals surface area contributed by atoms with E-state index >= 15 is 0 Å².